The van der Waals surface area contributed by atoms with E-state index >= 15 is 0 Å². The second-order valence-electron chi connectivity index (χ2n) is 4.88. The zero-order chi connectivity index (χ0) is 13.9. The summed E-state index contributed by atoms with van der Waals surface area (Å²) in [5, 5.41) is 3.21. The van der Waals surface area contributed by atoms with E-state index in [-0.39, 0.29) is 5.91 Å². The zero-order valence-electron chi connectivity index (χ0n) is 11.5. The van der Waals surface area contributed by atoms with E-state index in [1.165, 1.54) is 11.1 Å². The van der Waals surface area contributed by atoms with Crippen LogP contribution in [-0.2, 0) is 13.1 Å². The fourth-order valence-electron chi connectivity index (χ4n) is 2.56. The Bertz CT molecular complexity index is 614. The van der Waals surface area contributed by atoms with Crippen LogP contribution in [-0.4, -0.2) is 22.3 Å². The number of nitrogens with zero attached hydrogens (tertiary/aromatic N) is 2. The fraction of sp³-hybridized carbons (Fsp3) is 0.250. The second-order valence-corrected chi connectivity index (χ2v) is 4.88. The Morgan fingerprint density at radius 2 is 1.95 bits per heavy atom. The second kappa shape index (κ2) is 5.33. The molecule has 2 heterocycles. The van der Waals surface area contributed by atoms with Crippen LogP contribution in [0.1, 0.15) is 28.4 Å². The first kappa shape index (κ1) is 12.7. The molecule has 0 bridgehead atoms. The maximum atomic E-state index is 12.7. The molecule has 0 spiro atoms. The average Bonchev–Trinajstić information content (AvgIpc) is 2.91. The standard InChI is InChI=1S/C16H17N3O/c1-2-18-15-7-8-17-9-14(15)16(20)19-10-12-5-3-4-6-13(12)11-19/h3-9H,2,10-11H2,1H3,(H,17,18). The first-order valence-electron chi connectivity index (χ1n) is 6.83. The summed E-state index contributed by atoms with van der Waals surface area (Å²) in [6.45, 7) is 4.15. The molecule has 2 aromatic rings. The quantitative estimate of drug-likeness (QED) is 0.930. The molecule has 0 saturated carbocycles. The van der Waals surface area contributed by atoms with Gasteiger partial charge in [-0.1, -0.05) is 24.3 Å². The number of amides is 1. The molecule has 0 saturated heterocycles. The smallest absolute Gasteiger partial charge is 0.258 e. The number of rotatable bonds is 3. The summed E-state index contributed by atoms with van der Waals surface area (Å²) in [5.74, 6) is 0.0326. The van der Waals surface area contributed by atoms with Crippen molar-refractivity contribution < 1.29 is 4.79 Å². The molecule has 0 radical (unpaired) electrons. The predicted octanol–water partition coefficient (Wildman–Crippen LogP) is 2.67. The van der Waals surface area contributed by atoms with Crippen molar-refractivity contribution in [3.8, 4) is 0 Å². The van der Waals surface area contributed by atoms with Crippen LogP contribution in [0.4, 0.5) is 5.69 Å². The van der Waals surface area contributed by atoms with Crippen LogP contribution in [0.25, 0.3) is 0 Å². The largest absolute Gasteiger partial charge is 0.385 e. The molecule has 1 amide bonds. The molecule has 4 heteroatoms. The van der Waals surface area contributed by atoms with Gasteiger partial charge in [0.15, 0.2) is 0 Å². The van der Waals surface area contributed by atoms with Gasteiger partial charge in [-0.05, 0) is 24.1 Å². The first-order chi connectivity index (χ1) is 9.79. The number of pyridine rings is 1. The van der Waals surface area contributed by atoms with Gasteiger partial charge in [-0.3, -0.25) is 9.78 Å². The van der Waals surface area contributed by atoms with Crippen molar-refractivity contribution in [1.29, 1.82) is 0 Å². The van der Waals surface area contributed by atoms with Crippen molar-refractivity contribution in [1.82, 2.24) is 9.88 Å². The molecule has 0 atom stereocenters. The Kier molecular flexibility index (Phi) is 3.37. The van der Waals surface area contributed by atoms with Crippen LogP contribution >= 0.6 is 0 Å². The van der Waals surface area contributed by atoms with Crippen LogP contribution in [0.2, 0.25) is 0 Å². The van der Waals surface area contributed by atoms with Crippen LogP contribution in [0.15, 0.2) is 42.7 Å². The summed E-state index contributed by atoms with van der Waals surface area (Å²) >= 11 is 0. The van der Waals surface area contributed by atoms with Gasteiger partial charge in [0, 0.05) is 32.0 Å². The van der Waals surface area contributed by atoms with E-state index in [4.69, 9.17) is 0 Å². The molecule has 1 aliphatic heterocycles. The Morgan fingerprint density at radius 1 is 1.25 bits per heavy atom. The normalized spacial score (nSPS) is 13.2. The van der Waals surface area contributed by atoms with Crippen LogP contribution < -0.4 is 5.32 Å². The lowest BCUT2D eigenvalue weighted by atomic mass is 10.1. The van der Waals surface area contributed by atoms with Crippen LogP contribution in [0, 0.1) is 0 Å². The van der Waals surface area contributed by atoms with Gasteiger partial charge in [-0.15, -0.1) is 0 Å². The van der Waals surface area contributed by atoms with Gasteiger partial charge >= 0.3 is 0 Å². The number of aromatic nitrogens is 1. The monoisotopic (exact) mass is 267 g/mol. The summed E-state index contributed by atoms with van der Waals surface area (Å²) in [4.78, 5) is 18.6. The summed E-state index contributed by atoms with van der Waals surface area (Å²) in [6.07, 6.45) is 3.34. The Balaban J connectivity index is 1.85. The highest BCUT2D eigenvalue weighted by Gasteiger charge is 2.25. The van der Waals surface area contributed by atoms with E-state index in [0.717, 1.165) is 12.2 Å². The number of hydrogen-bond acceptors (Lipinski definition) is 3. The molecule has 1 aromatic heterocycles. The zero-order valence-corrected chi connectivity index (χ0v) is 11.5. The molecule has 0 unspecified atom stereocenters. The molecule has 1 aliphatic rings. The number of benzene rings is 1. The lowest BCUT2D eigenvalue weighted by molar-refractivity contribution is 0.0752. The number of nitrogens with one attached hydrogen (secondary N) is 1. The minimum absolute atomic E-state index is 0.0326. The van der Waals surface area contributed by atoms with E-state index in [1.54, 1.807) is 12.4 Å². The molecule has 0 fully saturated rings. The molecular weight excluding hydrogens is 250 g/mol. The van der Waals surface area contributed by atoms with Crippen molar-refractivity contribution in [3.63, 3.8) is 0 Å². The Hall–Kier alpha value is -2.36. The molecular formula is C16H17N3O. The fourth-order valence-corrected chi connectivity index (χ4v) is 2.56. The van der Waals surface area contributed by atoms with Gasteiger partial charge in [0.25, 0.3) is 5.91 Å². The number of carbonyl (C=O) groups is 1. The van der Waals surface area contributed by atoms with Crippen LogP contribution in [0.5, 0.6) is 0 Å². The lowest BCUT2D eigenvalue weighted by Crippen LogP contribution is -2.26. The summed E-state index contributed by atoms with van der Waals surface area (Å²) in [7, 11) is 0. The van der Waals surface area contributed by atoms with E-state index in [9.17, 15) is 4.79 Å². The maximum Gasteiger partial charge on any atom is 0.258 e. The van der Waals surface area contributed by atoms with Crippen molar-refractivity contribution in [3.05, 3.63) is 59.4 Å². The van der Waals surface area contributed by atoms with E-state index < -0.39 is 0 Å². The summed E-state index contributed by atoms with van der Waals surface area (Å²) < 4.78 is 0. The third-order valence-corrected chi connectivity index (χ3v) is 3.55. The first-order valence-corrected chi connectivity index (χ1v) is 6.83. The van der Waals surface area contributed by atoms with Gasteiger partial charge < -0.3 is 10.2 Å². The van der Waals surface area contributed by atoms with Gasteiger partial charge in [0.2, 0.25) is 0 Å². The van der Waals surface area contributed by atoms with E-state index in [1.807, 2.05) is 30.0 Å². The molecule has 4 nitrogen and oxygen atoms in total. The minimum atomic E-state index is 0.0326. The number of fused-ring (bicyclic) bond motifs is 1. The molecule has 1 N–H and O–H groups in total. The number of carbonyl (C=O) groups excluding carboxylic acids is 1. The third-order valence-electron chi connectivity index (χ3n) is 3.55. The van der Waals surface area contributed by atoms with E-state index in [0.29, 0.717) is 18.7 Å². The highest BCUT2D eigenvalue weighted by atomic mass is 16.2. The highest BCUT2D eigenvalue weighted by molar-refractivity contribution is 5.99. The number of anilines is 1. The molecule has 102 valence electrons. The van der Waals surface area contributed by atoms with Gasteiger partial charge in [0.1, 0.15) is 0 Å². The maximum absolute atomic E-state index is 12.7. The van der Waals surface area contributed by atoms with Gasteiger partial charge in [-0.2, -0.15) is 0 Å². The molecule has 0 aliphatic carbocycles. The third kappa shape index (κ3) is 2.25. The molecule has 3 rings (SSSR count). The lowest BCUT2D eigenvalue weighted by Gasteiger charge is -2.17. The Morgan fingerprint density at radius 3 is 2.60 bits per heavy atom. The predicted molar refractivity (Wildman–Crippen MR) is 78.4 cm³/mol. The van der Waals surface area contributed by atoms with Crippen molar-refractivity contribution in [2.24, 2.45) is 0 Å². The van der Waals surface area contributed by atoms with Crippen molar-refractivity contribution >= 4 is 11.6 Å². The van der Waals surface area contributed by atoms with Crippen LogP contribution in [0.3, 0.4) is 0 Å². The summed E-state index contributed by atoms with van der Waals surface area (Å²) in [6, 6.07) is 10.0. The van der Waals surface area contributed by atoms with Gasteiger partial charge in [0.05, 0.1) is 11.3 Å². The highest BCUT2D eigenvalue weighted by Crippen LogP contribution is 2.25. The van der Waals surface area contributed by atoms with E-state index in [2.05, 4.69) is 22.4 Å². The summed E-state index contributed by atoms with van der Waals surface area (Å²) in [5.41, 5.74) is 3.95. The topological polar surface area (TPSA) is 45.2 Å². The number of hydrogen-bond donors (Lipinski definition) is 1. The Labute approximate surface area is 118 Å². The molecule has 20 heavy (non-hydrogen) atoms. The van der Waals surface area contributed by atoms with Gasteiger partial charge in [-0.25, -0.2) is 0 Å². The minimum Gasteiger partial charge on any atom is -0.385 e. The SMILES string of the molecule is CCNc1ccncc1C(=O)N1Cc2ccccc2C1. The average molecular weight is 267 g/mol. The van der Waals surface area contributed by atoms with Crippen molar-refractivity contribution in [2.75, 3.05) is 11.9 Å². The molecule has 1 aromatic carbocycles. The van der Waals surface area contributed by atoms with Crippen molar-refractivity contribution in [2.45, 2.75) is 20.0 Å².